The van der Waals surface area contributed by atoms with Crippen LogP contribution in [0.3, 0.4) is 0 Å². The van der Waals surface area contributed by atoms with Gasteiger partial charge in [-0.1, -0.05) is 25.4 Å². The van der Waals surface area contributed by atoms with Crippen molar-refractivity contribution in [3.63, 3.8) is 0 Å². The van der Waals surface area contributed by atoms with Gasteiger partial charge in [-0.25, -0.2) is 9.18 Å². The van der Waals surface area contributed by atoms with Gasteiger partial charge >= 0.3 is 6.03 Å². The number of hydrogen-bond acceptors (Lipinski definition) is 3. The van der Waals surface area contributed by atoms with Crippen LogP contribution in [-0.4, -0.2) is 49.8 Å². The second kappa shape index (κ2) is 8.47. The molecule has 0 aliphatic carbocycles. The van der Waals surface area contributed by atoms with Gasteiger partial charge in [0.25, 0.3) is 0 Å². The van der Waals surface area contributed by atoms with Gasteiger partial charge in [0.05, 0.1) is 18.2 Å². The highest BCUT2D eigenvalue weighted by Crippen LogP contribution is 2.19. The van der Waals surface area contributed by atoms with Crippen molar-refractivity contribution in [3.8, 4) is 0 Å². The number of nitrogens with zero attached hydrogens (tertiary/aromatic N) is 1. The van der Waals surface area contributed by atoms with Crippen LogP contribution in [-0.2, 0) is 4.74 Å². The van der Waals surface area contributed by atoms with Crippen LogP contribution in [0.1, 0.15) is 13.8 Å². The number of urea groups is 1. The Morgan fingerprint density at radius 2 is 2.09 bits per heavy atom. The Morgan fingerprint density at radius 3 is 2.70 bits per heavy atom. The molecule has 1 heterocycles. The summed E-state index contributed by atoms with van der Waals surface area (Å²) in [7, 11) is 0. The molecule has 1 unspecified atom stereocenters. The lowest BCUT2D eigenvalue weighted by atomic mass is 10.0. The minimum absolute atomic E-state index is 0.0174. The number of carbonyl (C=O) groups is 1. The molecule has 0 saturated carbocycles. The molecule has 0 radical (unpaired) electrons. The Labute approximate surface area is 141 Å². The lowest BCUT2D eigenvalue weighted by molar-refractivity contribution is 0.00728. The summed E-state index contributed by atoms with van der Waals surface area (Å²) in [4.78, 5) is 14.4. The Morgan fingerprint density at radius 1 is 1.39 bits per heavy atom. The first-order chi connectivity index (χ1) is 11.0. The second-order valence-corrected chi connectivity index (χ2v) is 6.33. The zero-order valence-electron chi connectivity index (χ0n) is 13.4. The van der Waals surface area contributed by atoms with E-state index in [9.17, 15) is 9.18 Å². The summed E-state index contributed by atoms with van der Waals surface area (Å²) in [6, 6.07) is 4.01. The predicted molar refractivity (Wildman–Crippen MR) is 89.4 cm³/mol. The van der Waals surface area contributed by atoms with Crippen LogP contribution < -0.4 is 10.6 Å². The number of ether oxygens (including phenoxy) is 1. The zero-order chi connectivity index (χ0) is 16.8. The van der Waals surface area contributed by atoms with E-state index in [4.69, 9.17) is 16.3 Å². The lowest BCUT2D eigenvalue weighted by Gasteiger charge is -2.36. The molecular weight excluding hydrogens is 321 g/mol. The number of morpholine rings is 1. The third-order valence-electron chi connectivity index (χ3n) is 3.93. The fourth-order valence-corrected chi connectivity index (χ4v) is 2.82. The summed E-state index contributed by atoms with van der Waals surface area (Å²) in [6.45, 7) is 8.02. The molecule has 1 fully saturated rings. The van der Waals surface area contributed by atoms with E-state index in [1.807, 2.05) is 0 Å². The highest BCUT2D eigenvalue weighted by atomic mass is 35.5. The number of benzene rings is 1. The minimum Gasteiger partial charge on any atom is -0.379 e. The summed E-state index contributed by atoms with van der Waals surface area (Å²) in [6.07, 6.45) is 0. The fourth-order valence-electron chi connectivity index (χ4n) is 2.64. The monoisotopic (exact) mass is 343 g/mol. The smallest absolute Gasteiger partial charge is 0.319 e. The van der Waals surface area contributed by atoms with E-state index in [-0.39, 0.29) is 17.1 Å². The maximum atomic E-state index is 13.1. The number of carbonyl (C=O) groups excluding carboxylic acids is 1. The fraction of sp³-hybridized carbons (Fsp3) is 0.562. The summed E-state index contributed by atoms with van der Waals surface area (Å²) < 4.78 is 18.5. The summed E-state index contributed by atoms with van der Waals surface area (Å²) in [5.74, 6) is -0.0986. The van der Waals surface area contributed by atoms with Crippen LogP contribution in [0.2, 0.25) is 5.02 Å². The largest absolute Gasteiger partial charge is 0.379 e. The second-order valence-electron chi connectivity index (χ2n) is 5.92. The Hall–Kier alpha value is -1.37. The van der Waals surface area contributed by atoms with Crippen molar-refractivity contribution >= 4 is 23.3 Å². The normalized spacial score (nSPS) is 17.1. The van der Waals surface area contributed by atoms with Crippen LogP contribution in [0.5, 0.6) is 0 Å². The van der Waals surface area contributed by atoms with Crippen molar-refractivity contribution in [1.82, 2.24) is 10.2 Å². The molecule has 0 spiro atoms. The number of rotatable bonds is 5. The first-order valence-corrected chi connectivity index (χ1v) is 8.17. The van der Waals surface area contributed by atoms with Gasteiger partial charge in [-0.3, -0.25) is 4.90 Å². The first kappa shape index (κ1) is 18.0. The van der Waals surface area contributed by atoms with Crippen LogP contribution >= 0.6 is 11.6 Å². The zero-order valence-corrected chi connectivity index (χ0v) is 14.2. The predicted octanol–water partition coefficient (Wildman–Crippen LogP) is 2.96. The topological polar surface area (TPSA) is 53.6 Å². The first-order valence-electron chi connectivity index (χ1n) is 7.79. The molecule has 23 heavy (non-hydrogen) atoms. The average Bonchev–Trinajstić information content (AvgIpc) is 2.52. The summed E-state index contributed by atoms with van der Waals surface area (Å²) in [5, 5.41) is 5.52. The van der Waals surface area contributed by atoms with Crippen molar-refractivity contribution in [3.05, 3.63) is 29.0 Å². The molecule has 1 aliphatic rings. The van der Waals surface area contributed by atoms with Crippen molar-refractivity contribution in [1.29, 1.82) is 0 Å². The van der Waals surface area contributed by atoms with Gasteiger partial charge in [0.1, 0.15) is 5.82 Å². The molecule has 2 N–H and O–H groups in total. The molecule has 2 amide bonds. The molecule has 2 rings (SSSR count). The van der Waals surface area contributed by atoms with Gasteiger partial charge in [0, 0.05) is 31.4 Å². The maximum absolute atomic E-state index is 13.1. The number of nitrogens with one attached hydrogen (secondary N) is 2. The molecule has 5 nitrogen and oxygen atoms in total. The van der Waals surface area contributed by atoms with E-state index in [2.05, 4.69) is 29.4 Å². The molecule has 0 bridgehead atoms. The van der Waals surface area contributed by atoms with E-state index < -0.39 is 5.82 Å². The maximum Gasteiger partial charge on any atom is 0.319 e. The van der Waals surface area contributed by atoms with Gasteiger partial charge in [0.2, 0.25) is 0 Å². The number of anilines is 1. The SMILES string of the molecule is CC(C)C(CNC(=O)Nc1ccc(F)c(Cl)c1)N1CCOCC1. The van der Waals surface area contributed by atoms with Gasteiger partial charge in [0.15, 0.2) is 0 Å². The molecule has 1 atom stereocenters. The van der Waals surface area contributed by atoms with Crippen LogP contribution in [0.4, 0.5) is 14.9 Å². The molecule has 1 saturated heterocycles. The summed E-state index contributed by atoms with van der Waals surface area (Å²) in [5.41, 5.74) is 0.460. The molecule has 1 aromatic rings. The molecule has 7 heteroatoms. The third kappa shape index (κ3) is 5.34. The van der Waals surface area contributed by atoms with Gasteiger partial charge in [-0.05, 0) is 24.1 Å². The minimum atomic E-state index is -0.509. The van der Waals surface area contributed by atoms with Crippen molar-refractivity contribution in [2.45, 2.75) is 19.9 Å². The number of hydrogen-bond donors (Lipinski definition) is 2. The van der Waals surface area contributed by atoms with Crippen molar-refractivity contribution in [2.24, 2.45) is 5.92 Å². The molecule has 1 aliphatic heterocycles. The van der Waals surface area contributed by atoms with E-state index in [1.54, 1.807) is 0 Å². The van der Waals surface area contributed by atoms with E-state index >= 15 is 0 Å². The average molecular weight is 344 g/mol. The summed E-state index contributed by atoms with van der Waals surface area (Å²) >= 11 is 5.70. The Balaban J connectivity index is 1.86. The quantitative estimate of drug-likeness (QED) is 0.864. The highest BCUT2D eigenvalue weighted by molar-refractivity contribution is 6.31. The highest BCUT2D eigenvalue weighted by Gasteiger charge is 2.24. The van der Waals surface area contributed by atoms with Crippen LogP contribution in [0, 0.1) is 11.7 Å². The van der Waals surface area contributed by atoms with E-state index in [0.717, 1.165) is 26.3 Å². The van der Waals surface area contributed by atoms with Crippen LogP contribution in [0.25, 0.3) is 0 Å². The number of halogens is 2. The molecular formula is C16H23ClFN3O2. The lowest BCUT2D eigenvalue weighted by Crippen LogP contribution is -2.51. The van der Waals surface area contributed by atoms with Crippen molar-refractivity contribution in [2.75, 3.05) is 38.2 Å². The van der Waals surface area contributed by atoms with E-state index in [1.165, 1.54) is 18.2 Å². The molecule has 1 aromatic carbocycles. The Bertz CT molecular complexity index is 536. The van der Waals surface area contributed by atoms with Gasteiger partial charge < -0.3 is 15.4 Å². The van der Waals surface area contributed by atoms with Gasteiger partial charge in [-0.2, -0.15) is 0 Å². The van der Waals surface area contributed by atoms with Gasteiger partial charge in [-0.15, -0.1) is 0 Å². The van der Waals surface area contributed by atoms with Crippen molar-refractivity contribution < 1.29 is 13.9 Å². The molecule has 128 valence electrons. The molecule has 0 aromatic heterocycles. The Kier molecular flexibility index (Phi) is 6.62. The van der Waals surface area contributed by atoms with Crippen LogP contribution in [0.15, 0.2) is 18.2 Å². The number of amides is 2. The standard InChI is InChI=1S/C16H23ClFN3O2/c1-11(2)15(21-5-7-23-8-6-21)10-19-16(22)20-12-3-4-14(18)13(17)9-12/h3-4,9,11,15H,5-8,10H2,1-2H3,(H2,19,20,22). The third-order valence-corrected chi connectivity index (χ3v) is 4.22. The van der Waals surface area contributed by atoms with E-state index in [0.29, 0.717) is 18.2 Å².